The average Bonchev–Trinajstić information content (AvgIpc) is 2.61. The molecule has 2 rings (SSSR count). The van der Waals surface area contributed by atoms with Crippen LogP contribution >= 0.6 is 0 Å². The maximum Gasteiger partial charge on any atom is 0.229 e. The number of hydrogen-bond acceptors (Lipinski definition) is 7. The largest absolute Gasteiger partial charge is 0.496 e. The SMILES string of the molecule is CNc1cc(C)nc(Nc2ccc(OC)c(CNC[C@H](C)NC)c2)n1. The van der Waals surface area contributed by atoms with Crippen LogP contribution in [0.2, 0.25) is 0 Å². The van der Waals surface area contributed by atoms with Gasteiger partial charge in [-0.1, -0.05) is 0 Å². The second-order valence-electron chi connectivity index (χ2n) is 5.94. The summed E-state index contributed by atoms with van der Waals surface area (Å²) in [6.45, 7) is 5.68. The molecule has 1 atom stereocenters. The molecule has 1 heterocycles. The maximum atomic E-state index is 5.47. The number of rotatable bonds is 9. The zero-order chi connectivity index (χ0) is 18.2. The Morgan fingerprint density at radius 2 is 1.96 bits per heavy atom. The summed E-state index contributed by atoms with van der Waals surface area (Å²) in [6.07, 6.45) is 0. The van der Waals surface area contributed by atoms with Gasteiger partial charge in [0.15, 0.2) is 0 Å². The van der Waals surface area contributed by atoms with Gasteiger partial charge in [-0.25, -0.2) is 4.98 Å². The molecule has 25 heavy (non-hydrogen) atoms. The highest BCUT2D eigenvalue weighted by Crippen LogP contribution is 2.24. The number of anilines is 3. The Morgan fingerprint density at radius 1 is 1.16 bits per heavy atom. The molecule has 0 saturated heterocycles. The van der Waals surface area contributed by atoms with Crippen molar-refractivity contribution in [2.45, 2.75) is 26.4 Å². The fourth-order valence-corrected chi connectivity index (χ4v) is 2.40. The second-order valence-corrected chi connectivity index (χ2v) is 5.94. The summed E-state index contributed by atoms with van der Waals surface area (Å²) < 4.78 is 5.47. The molecule has 7 nitrogen and oxygen atoms in total. The van der Waals surface area contributed by atoms with Crippen LogP contribution in [0.5, 0.6) is 5.75 Å². The number of aryl methyl sites for hydroxylation is 1. The van der Waals surface area contributed by atoms with Crippen molar-refractivity contribution in [3.63, 3.8) is 0 Å². The van der Waals surface area contributed by atoms with E-state index < -0.39 is 0 Å². The number of likely N-dealkylation sites (N-methyl/N-ethyl adjacent to an activating group) is 1. The molecule has 0 aliphatic carbocycles. The zero-order valence-corrected chi connectivity index (χ0v) is 15.6. The second kappa shape index (κ2) is 9.19. The third-order valence-corrected chi connectivity index (χ3v) is 3.91. The fraction of sp³-hybridized carbons (Fsp3) is 0.444. The predicted octanol–water partition coefficient (Wildman–Crippen LogP) is 2.28. The number of ether oxygens (including phenoxy) is 1. The molecular weight excluding hydrogens is 316 g/mol. The molecule has 0 fully saturated rings. The Bertz CT molecular complexity index is 691. The Kier molecular flexibility index (Phi) is 6.97. The topological polar surface area (TPSA) is 83.1 Å². The van der Waals surface area contributed by atoms with E-state index >= 15 is 0 Å². The number of hydrogen-bond donors (Lipinski definition) is 4. The van der Waals surface area contributed by atoms with Crippen molar-refractivity contribution in [2.24, 2.45) is 0 Å². The molecule has 1 aromatic carbocycles. The van der Waals surface area contributed by atoms with Crippen LogP contribution in [0.25, 0.3) is 0 Å². The van der Waals surface area contributed by atoms with Gasteiger partial charge in [0.25, 0.3) is 0 Å². The Labute approximate surface area is 149 Å². The van der Waals surface area contributed by atoms with Gasteiger partial charge < -0.3 is 26.0 Å². The van der Waals surface area contributed by atoms with E-state index in [-0.39, 0.29) is 0 Å². The lowest BCUT2D eigenvalue weighted by molar-refractivity contribution is 0.407. The van der Waals surface area contributed by atoms with Gasteiger partial charge in [-0.2, -0.15) is 4.98 Å². The Balaban J connectivity index is 2.13. The van der Waals surface area contributed by atoms with Crippen molar-refractivity contribution in [2.75, 3.05) is 38.4 Å². The van der Waals surface area contributed by atoms with E-state index in [1.165, 1.54) is 0 Å². The minimum Gasteiger partial charge on any atom is -0.496 e. The van der Waals surface area contributed by atoms with E-state index in [1.807, 2.05) is 39.2 Å². The van der Waals surface area contributed by atoms with Gasteiger partial charge in [-0.05, 0) is 39.1 Å². The first-order valence-corrected chi connectivity index (χ1v) is 8.41. The number of benzene rings is 1. The van der Waals surface area contributed by atoms with E-state index in [0.29, 0.717) is 12.0 Å². The highest BCUT2D eigenvalue weighted by molar-refractivity contribution is 5.58. The number of aromatic nitrogens is 2. The summed E-state index contributed by atoms with van der Waals surface area (Å²) in [4.78, 5) is 8.86. The van der Waals surface area contributed by atoms with Crippen molar-refractivity contribution in [1.82, 2.24) is 20.6 Å². The lowest BCUT2D eigenvalue weighted by Crippen LogP contribution is -2.33. The third kappa shape index (κ3) is 5.58. The summed E-state index contributed by atoms with van der Waals surface area (Å²) in [5, 5.41) is 12.9. The van der Waals surface area contributed by atoms with Crippen LogP contribution in [0.15, 0.2) is 24.3 Å². The molecule has 0 aliphatic heterocycles. The fourth-order valence-electron chi connectivity index (χ4n) is 2.40. The van der Waals surface area contributed by atoms with Crippen molar-refractivity contribution in [1.29, 1.82) is 0 Å². The predicted molar refractivity (Wildman–Crippen MR) is 103 cm³/mol. The average molecular weight is 344 g/mol. The van der Waals surface area contributed by atoms with Crippen molar-refractivity contribution in [3.05, 3.63) is 35.5 Å². The minimum absolute atomic E-state index is 0.410. The summed E-state index contributed by atoms with van der Waals surface area (Å²) in [7, 11) is 5.48. The van der Waals surface area contributed by atoms with Gasteiger partial charge >= 0.3 is 0 Å². The van der Waals surface area contributed by atoms with E-state index in [9.17, 15) is 0 Å². The third-order valence-electron chi connectivity index (χ3n) is 3.91. The molecule has 0 aliphatic rings. The molecular formula is C18H28N6O. The maximum absolute atomic E-state index is 5.47. The minimum atomic E-state index is 0.410. The summed E-state index contributed by atoms with van der Waals surface area (Å²) >= 11 is 0. The summed E-state index contributed by atoms with van der Waals surface area (Å²) in [6, 6.07) is 8.28. The highest BCUT2D eigenvalue weighted by atomic mass is 16.5. The van der Waals surface area contributed by atoms with Gasteiger partial charge in [0.05, 0.1) is 7.11 Å². The summed E-state index contributed by atoms with van der Waals surface area (Å²) in [5.74, 6) is 2.21. The Morgan fingerprint density at radius 3 is 2.64 bits per heavy atom. The first kappa shape index (κ1) is 19.0. The lowest BCUT2D eigenvalue weighted by atomic mass is 10.1. The van der Waals surface area contributed by atoms with E-state index in [2.05, 4.69) is 44.2 Å². The van der Waals surface area contributed by atoms with Crippen LogP contribution in [0.1, 0.15) is 18.2 Å². The molecule has 0 unspecified atom stereocenters. The van der Waals surface area contributed by atoms with E-state index in [4.69, 9.17) is 4.74 Å². The smallest absolute Gasteiger partial charge is 0.229 e. The van der Waals surface area contributed by atoms with Crippen molar-refractivity contribution in [3.8, 4) is 5.75 Å². The van der Waals surface area contributed by atoms with Gasteiger partial charge in [0.2, 0.25) is 5.95 Å². The number of nitrogens with one attached hydrogen (secondary N) is 4. The van der Waals surface area contributed by atoms with Crippen LogP contribution in [0, 0.1) is 6.92 Å². The van der Waals surface area contributed by atoms with E-state index in [0.717, 1.165) is 41.6 Å². The van der Waals surface area contributed by atoms with Crippen molar-refractivity contribution < 1.29 is 4.74 Å². The first-order chi connectivity index (χ1) is 12.0. The van der Waals surface area contributed by atoms with Crippen LogP contribution in [-0.2, 0) is 6.54 Å². The standard InChI is InChI=1S/C18H28N6O/c1-12-8-17(20-4)24-18(22-12)23-15-6-7-16(25-5)14(9-15)11-21-10-13(2)19-3/h6-9,13,19,21H,10-11H2,1-5H3,(H2,20,22,23,24)/t13-/m0/s1. The highest BCUT2D eigenvalue weighted by Gasteiger charge is 2.07. The quantitative estimate of drug-likeness (QED) is 0.555. The molecule has 0 amide bonds. The Hall–Kier alpha value is -2.38. The molecule has 4 N–H and O–H groups in total. The molecule has 136 valence electrons. The molecule has 0 bridgehead atoms. The summed E-state index contributed by atoms with van der Waals surface area (Å²) in [5.41, 5.74) is 2.91. The number of methoxy groups -OCH3 is 1. The van der Waals surface area contributed by atoms with E-state index in [1.54, 1.807) is 7.11 Å². The monoisotopic (exact) mass is 344 g/mol. The zero-order valence-electron chi connectivity index (χ0n) is 15.6. The molecule has 0 radical (unpaired) electrons. The van der Waals surface area contributed by atoms with Crippen LogP contribution < -0.4 is 26.0 Å². The van der Waals surface area contributed by atoms with Gasteiger partial charge in [-0.15, -0.1) is 0 Å². The molecule has 0 spiro atoms. The van der Waals surface area contributed by atoms with Crippen molar-refractivity contribution >= 4 is 17.5 Å². The lowest BCUT2D eigenvalue weighted by Gasteiger charge is -2.15. The normalized spacial score (nSPS) is 11.9. The van der Waals surface area contributed by atoms with Crippen LogP contribution in [0.3, 0.4) is 0 Å². The molecule has 1 aromatic heterocycles. The number of nitrogens with zero attached hydrogens (tertiary/aromatic N) is 2. The van der Waals surface area contributed by atoms with Gasteiger partial charge in [0.1, 0.15) is 11.6 Å². The molecule has 0 saturated carbocycles. The molecule has 2 aromatic rings. The molecule has 7 heteroatoms. The van der Waals surface area contributed by atoms with Gasteiger partial charge in [0, 0.05) is 49.2 Å². The van der Waals surface area contributed by atoms with Crippen LogP contribution in [0.4, 0.5) is 17.5 Å². The van der Waals surface area contributed by atoms with Crippen LogP contribution in [-0.4, -0.2) is 43.8 Å². The first-order valence-electron chi connectivity index (χ1n) is 8.41. The van der Waals surface area contributed by atoms with Gasteiger partial charge in [-0.3, -0.25) is 0 Å².